The van der Waals surface area contributed by atoms with Crippen LogP contribution in [0.4, 0.5) is 0 Å². The van der Waals surface area contributed by atoms with Crippen molar-refractivity contribution < 1.29 is 5.11 Å². The van der Waals surface area contributed by atoms with E-state index in [0.29, 0.717) is 0 Å². The first-order valence-electron chi connectivity index (χ1n) is 7.60. The van der Waals surface area contributed by atoms with Crippen molar-refractivity contribution in [2.45, 2.75) is 73.0 Å². The van der Waals surface area contributed by atoms with Crippen molar-refractivity contribution in [3.05, 3.63) is 0 Å². The second-order valence-electron chi connectivity index (χ2n) is 7.88. The summed E-state index contributed by atoms with van der Waals surface area (Å²) in [5.41, 5.74) is -0.222. The topological polar surface area (TPSA) is 35.5 Å². The second-order valence-corrected chi connectivity index (χ2v) is 7.88. The Balaban J connectivity index is 4.57. The SMILES string of the molecule is CCN(CC(C)(C)O)CC(C)(CC)CNC(C)(C)C. The minimum absolute atomic E-state index is 0.156. The van der Waals surface area contributed by atoms with Crippen LogP contribution in [0.2, 0.25) is 0 Å². The van der Waals surface area contributed by atoms with Crippen molar-refractivity contribution in [2.75, 3.05) is 26.2 Å². The predicted octanol–water partition coefficient (Wildman–Crippen LogP) is 2.88. The lowest BCUT2D eigenvalue weighted by Gasteiger charge is -2.38. The Kier molecular flexibility index (Phi) is 7.01. The van der Waals surface area contributed by atoms with Gasteiger partial charge < -0.3 is 15.3 Å². The van der Waals surface area contributed by atoms with Gasteiger partial charge in [-0.2, -0.15) is 0 Å². The molecule has 0 aromatic rings. The summed E-state index contributed by atoms with van der Waals surface area (Å²) in [4.78, 5) is 2.36. The third kappa shape index (κ3) is 9.42. The molecule has 0 heterocycles. The number of likely N-dealkylation sites (N-methyl/N-ethyl adjacent to an activating group) is 1. The van der Waals surface area contributed by atoms with Crippen LogP contribution < -0.4 is 5.32 Å². The Morgan fingerprint density at radius 2 is 1.47 bits per heavy atom. The molecular formula is C16H36N2O. The van der Waals surface area contributed by atoms with Crippen molar-refractivity contribution in [1.82, 2.24) is 10.2 Å². The van der Waals surface area contributed by atoms with Gasteiger partial charge in [0.05, 0.1) is 5.60 Å². The zero-order chi connectivity index (χ0) is 15.3. The molecule has 0 aliphatic rings. The normalized spacial score (nSPS) is 16.7. The van der Waals surface area contributed by atoms with Gasteiger partial charge in [-0.05, 0) is 53.0 Å². The highest BCUT2D eigenvalue weighted by Crippen LogP contribution is 2.23. The summed E-state index contributed by atoms with van der Waals surface area (Å²) in [5, 5.41) is 13.6. The van der Waals surface area contributed by atoms with E-state index in [1.54, 1.807) is 0 Å². The Bertz CT molecular complexity index is 252. The van der Waals surface area contributed by atoms with Crippen LogP contribution in [0.15, 0.2) is 0 Å². The Morgan fingerprint density at radius 3 is 1.79 bits per heavy atom. The van der Waals surface area contributed by atoms with Gasteiger partial charge in [-0.25, -0.2) is 0 Å². The maximum atomic E-state index is 9.99. The zero-order valence-electron chi connectivity index (χ0n) is 14.4. The molecule has 0 aromatic heterocycles. The number of hydrogen-bond acceptors (Lipinski definition) is 3. The highest BCUT2D eigenvalue weighted by atomic mass is 16.3. The maximum Gasteiger partial charge on any atom is 0.0718 e. The summed E-state index contributed by atoms with van der Waals surface area (Å²) in [6.07, 6.45) is 1.14. The molecule has 2 N–H and O–H groups in total. The molecule has 19 heavy (non-hydrogen) atoms. The average molecular weight is 272 g/mol. The standard InChI is InChI=1S/C16H36N2O/c1-9-16(8,11-17-14(3,4)5)13-18(10-2)12-15(6,7)19/h17,19H,9-13H2,1-8H3. The molecule has 0 rings (SSSR count). The average Bonchev–Trinajstić information content (AvgIpc) is 2.23. The van der Waals surface area contributed by atoms with Crippen molar-refractivity contribution >= 4 is 0 Å². The lowest BCUT2D eigenvalue weighted by Crippen LogP contribution is -2.49. The van der Waals surface area contributed by atoms with Gasteiger partial charge in [-0.1, -0.05) is 20.8 Å². The van der Waals surface area contributed by atoms with Gasteiger partial charge >= 0.3 is 0 Å². The molecule has 1 atom stereocenters. The van der Waals surface area contributed by atoms with E-state index in [1.165, 1.54) is 0 Å². The molecule has 3 heteroatoms. The summed E-state index contributed by atoms with van der Waals surface area (Å²) < 4.78 is 0. The molecule has 0 radical (unpaired) electrons. The zero-order valence-corrected chi connectivity index (χ0v) is 14.4. The number of nitrogens with one attached hydrogen (secondary N) is 1. The molecule has 1 unspecified atom stereocenters. The van der Waals surface area contributed by atoms with Crippen LogP contribution in [0.5, 0.6) is 0 Å². The minimum atomic E-state index is -0.623. The summed E-state index contributed by atoms with van der Waals surface area (Å²) in [6.45, 7) is 20.9. The van der Waals surface area contributed by atoms with Crippen molar-refractivity contribution in [3.8, 4) is 0 Å². The van der Waals surface area contributed by atoms with Gasteiger partial charge in [0, 0.05) is 25.2 Å². The largest absolute Gasteiger partial charge is 0.389 e. The number of rotatable bonds is 8. The molecule has 0 fully saturated rings. The highest BCUT2D eigenvalue weighted by Gasteiger charge is 2.28. The Hall–Kier alpha value is -0.120. The molecular weight excluding hydrogens is 236 g/mol. The highest BCUT2D eigenvalue weighted by molar-refractivity contribution is 4.84. The van der Waals surface area contributed by atoms with E-state index in [-0.39, 0.29) is 11.0 Å². The van der Waals surface area contributed by atoms with E-state index in [2.05, 4.69) is 51.8 Å². The van der Waals surface area contributed by atoms with Crippen LogP contribution in [-0.2, 0) is 0 Å². The fraction of sp³-hybridized carbons (Fsp3) is 1.00. The molecule has 0 bridgehead atoms. The Labute approximate surface area is 120 Å². The van der Waals surface area contributed by atoms with Crippen molar-refractivity contribution in [3.63, 3.8) is 0 Å². The maximum absolute atomic E-state index is 9.99. The van der Waals surface area contributed by atoms with Crippen molar-refractivity contribution in [2.24, 2.45) is 5.41 Å². The molecule has 3 nitrogen and oxygen atoms in total. The summed E-state index contributed by atoms with van der Waals surface area (Å²) in [7, 11) is 0. The quantitative estimate of drug-likeness (QED) is 0.713. The molecule has 0 aliphatic heterocycles. The lowest BCUT2D eigenvalue weighted by molar-refractivity contribution is 0.0225. The first-order valence-corrected chi connectivity index (χ1v) is 7.60. The van der Waals surface area contributed by atoms with Gasteiger partial charge in [0.2, 0.25) is 0 Å². The van der Waals surface area contributed by atoms with E-state index in [4.69, 9.17) is 0 Å². The molecule has 0 saturated carbocycles. The van der Waals surface area contributed by atoms with E-state index in [0.717, 1.165) is 32.6 Å². The van der Waals surface area contributed by atoms with Crippen molar-refractivity contribution in [1.29, 1.82) is 0 Å². The van der Waals surface area contributed by atoms with Gasteiger partial charge in [0.25, 0.3) is 0 Å². The molecule has 0 saturated heterocycles. The number of aliphatic hydroxyl groups is 1. The molecule has 116 valence electrons. The molecule has 0 aromatic carbocycles. The molecule has 0 aliphatic carbocycles. The predicted molar refractivity (Wildman–Crippen MR) is 84.6 cm³/mol. The van der Waals surface area contributed by atoms with Crippen LogP contribution >= 0.6 is 0 Å². The summed E-state index contributed by atoms with van der Waals surface area (Å²) in [5.74, 6) is 0. The van der Waals surface area contributed by atoms with E-state index in [1.807, 2.05) is 13.8 Å². The fourth-order valence-electron chi connectivity index (χ4n) is 2.14. The van der Waals surface area contributed by atoms with Crippen LogP contribution in [0.25, 0.3) is 0 Å². The van der Waals surface area contributed by atoms with Crippen LogP contribution in [0.3, 0.4) is 0 Å². The van der Waals surface area contributed by atoms with E-state index >= 15 is 0 Å². The third-order valence-corrected chi connectivity index (χ3v) is 3.56. The van der Waals surface area contributed by atoms with Crippen LogP contribution in [0, 0.1) is 5.41 Å². The van der Waals surface area contributed by atoms with Gasteiger partial charge in [0.15, 0.2) is 0 Å². The summed E-state index contributed by atoms with van der Waals surface area (Å²) >= 11 is 0. The third-order valence-electron chi connectivity index (χ3n) is 3.56. The first-order chi connectivity index (χ1) is 8.41. The first kappa shape index (κ1) is 18.9. The van der Waals surface area contributed by atoms with Crippen LogP contribution in [-0.4, -0.2) is 47.3 Å². The van der Waals surface area contributed by atoms with E-state index in [9.17, 15) is 5.11 Å². The number of hydrogen-bond donors (Lipinski definition) is 2. The Morgan fingerprint density at radius 1 is 0.947 bits per heavy atom. The lowest BCUT2D eigenvalue weighted by atomic mass is 9.85. The monoisotopic (exact) mass is 272 g/mol. The smallest absolute Gasteiger partial charge is 0.0718 e. The van der Waals surface area contributed by atoms with E-state index < -0.39 is 5.60 Å². The minimum Gasteiger partial charge on any atom is -0.389 e. The van der Waals surface area contributed by atoms with Gasteiger partial charge in [-0.15, -0.1) is 0 Å². The molecule has 0 spiro atoms. The second kappa shape index (κ2) is 7.05. The van der Waals surface area contributed by atoms with Gasteiger partial charge in [-0.3, -0.25) is 0 Å². The fourth-order valence-corrected chi connectivity index (χ4v) is 2.14. The number of nitrogens with zero attached hydrogens (tertiary/aromatic N) is 1. The van der Waals surface area contributed by atoms with Gasteiger partial charge in [0.1, 0.15) is 0 Å². The van der Waals surface area contributed by atoms with Crippen LogP contribution in [0.1, 0.15) is 61.8 Å². The molecule has 0 amide bonds. The summed E-state index contributed by atoms with van der Waals surface area (Å²) in [6, 6.07) is 0.